The van der Waals surface area contributed by atoms with Gasteiger partial charge in [0.15, 0.2) is 0 Å². The van der Waals surface area contributed by atoms with Gasteiger partial charge in [0.25, 0.3) is 0 Å². The maximum Gasteiger partial charge on any atom is 0.328 e. The molecule has 0 saturated carbocycles. The number of carboxylic acids is 2. The Kier molecular flexibility index (Phi) is 9.76. The summed E-state index contributed by atoms with van der Waals surface area (Å²) in [5, 5.41) is 37.4. The second kappa shape index (κ2) is 12.5. The van der Waals surface area contributed by atoms with Crippen LogP contribution in [0.2, 0.25) is 0 Å². The van der Waals surface area contributed by atoms with Gasteiger partial charge < -0.3 is 36.6 Å². The molecule has 7 N–H and O–H groups in total. The predicted octanol–water partition coefficient (Wildman–Crippen LogP) is -2.01. The van der Waals surface area contributed by atoms with Gasteiger partial charge in [-0.3, -0.25) is 19.2 Å². The van der Waals surface area contributed by atoms with Crippen LogP contribution in [0.25, 0.3) is 0 Å². The maximum atomic E-state index is 12.9. The third kappa shape index (κ3) is 8.16. The molecule has 4 atom stereocenters. The van der Waals surface area contributed by atoms with E-state index in [1.54, 1.807) is 30.3 Å². The topological polar surface area (TPSA) is 194 Å². The lowest BCUT2D eigenvalue weighted by atomic mass is 10.0. The number of amides is 3. The van der Waals surface area contributed by atoms with Gasteiger partial charge in [-0.25, -0.2) is 4.79 Å². The number of rotatable bonds is 12. The van der Waals surface area contributed by atoms with Crippen LogP contribution in [-0.4, -0.2) is 82.3 Å². The van der Waals surface area contributed by atoms with E-state index in [0.717, 1.165) is 6.42 Å². The summed E-state index contributed by atoms with van der Waals surface area (Å²) in [7, 11) is 0. The van der Waals surface area contributed by atoms with Crippen molar-refractivity contribution in [2.75, 3.05) is 13.2 Å². The molecule has 3 amide bonds. The molecule has 1 saturated heterocycles. The number of benzene rings is 1. The highest BCUT2D eigenvalue weighted by atomic mass is 16.4. The summed E-state index contributed by atoms with van der Waals surface area (Å²) in [6.45, 7) is -0.234. The standard InChI is InChI=1S/C21H28N4O8/c26-11-16(21(32)33)25-19(30)14(9-12-5-2-1-3-6-12)23-20(31)15(10-17(27)28)24-18(29)13-7-4-8-22-13/h1-3,5-6,13-16,22,26H,4,7-11H2,(H,23,31)(H,24,29)(H,25,30)(H,27,28)(H,32,33). The van der Waals surface area contributed by atoms with Crippen molar-refractivity contribution in [1.82, 2.24) is 21.3 Å². The first-order chi connectivity index (χ1) is 15.7. The predicted molar refractivity (Wildman–Crippen MR) is 114 cm³/mol. The average molecular weight is 464 g/mol. The van der Waals surface area contributed by atoms with Crippen molar-refractivity contribution in [2.24, 2.45) is 0 Å². The number of aliphatic hydroxyl groups excluding tert-OH is 1. The minimum Gasteiger partial charge on any atom is -0.481 e. The van der Waals surface area contributed by atoms with Crippen LogP contribution in [0.4, 0.5) is 0 Å². The monoisotopic (exact) mass is 464 g/mol. The van der Waals surface area contributed by atoms with Gasteiger partial charge in [0.2, 0.25) is 17.7 Å². The van der Waals surface area contributed by atoms with Crippen molar-refractivity contribution in [3.63, 3.8) is 0 Å². The molecule has 1 fully saturated rings. The van der Waals surface area contributed by atoms with Crippen LogP contribution >= 0.6 is 0 Å². The van der Waals surface area contributed by atoms with Crippen molar-refractivity contribution >= 4 is 29.7 Å². The molecule has 33 heavy (non-hydrogen) atoms. The van der Waals surface area contributed by atoms with Crippen LogP contribution in [0, 0.1) is 0 Å². The third-order valence-corrected chi connectivity index (χ3v) is 5.10. The van der Waals surface area contributed by atoms with Gasteiger partial charge in [-0.15, -0.1) is 0 Å². The van der Waals surface area contributed by atoms with E-state index < -0.39 is 66.9 Å². The Labute approximate surface area is 189 Å². The normalized spacial score (nSPS) is 17.9. The fourth-order valence-corrected chi connectivity index (χ4v) is 3.35. The Morgan fingerprint density at radius 3 is 2.12 bits per heavy atom. The first-order valence-corrected chi connectivity index (χ1v) is 10.4. The minimum atomic E-state index is -1.59. The van der Waals surface area contributed by atoms with Crippen LogP contribution in [-0.2, 0) is 30.4 Å². The Bertz CT molecular complexity index is 857. The lowest BCUT2D eigenvalue weighted by Gasteiger charge is -2.24. The summed E-state index contributed by atoms with van der Waals surface area (Å²) in [4.78, 5) is 60.4. The Hall–Kier alpha value is -3.51. The van der Waals surface area contributed by atoms with Crippen LogP contribution in [0.5, 0.6) is 0 Å². The van der Waals surface area contributed by atoms with Gasteiger partial charge in [-0.1, -0.05) is 30.3 Å². The van der Waals surface area contributed by atoms with Crippen molar-refractivity contribution in [3.8, 4) is 0 Å². The number of carbonyl (C=O) groups is 5. The lowest BCUT2D eigenvalue weighted by molar-refractivity contribution is -0.144. The van der Waals surface area contributed by atoms with Crippen LogP contribution in [0.1, 0.15) is 24.8 Å². The molecule has 1 aromatic rings. The van der Waals surface area contributed by atoms with Gasteiger partial charge in [0, 0.05) is 6.42 Å². The van der Waals surface area contributed by atoms with E-state index in [1.165, 1.54) is 0 Å². The second-order valence-electron chi connectivity index (χ2n) is 7.64. The van der Waals surface area contributed by atoms with Crippen molar-refractivity contribution in [1.29, 1.82) is 0 Å². The van der Waals surface area contributed by atoms with Gasteiger partial charge in [0.05, 0.1) is 19.1 Å². The lowest BCUT2D eigenvalue weighted by Crippen LogP contribution is -2.58. The zero-order chi connectivity index (χ0) is 24.4. The summed E-state index contributed by atoms with van der Waals surface area (Å²) < 4.78 is 0. The highest BCUT2D eigenvalue weighted by molar-refractivity contribution is 5.95. The summed E-state index contributed by atoms with van der Waals surface area (Å²) in [6, 6.07) is 3.69. The average Bonchev–Trinajstić information content (AvgIpc) is 3.31. The SMILES string of the molecule is O=C(O)CC(NC(=O)C1CCCN1)C(=O)NC(Cc1ccccc1)C(=O)NC(CO)C(=O)O. The van der Waals surface area contributed by atoms with Crippen molar-refractivity contribution in [2.45, 2.75) is 49.9 Å². The van der Waals surface area contributed by atoms with E-state index in [1.807, 2.05) is 0 Å². The largest absolute Gasteiger partial charge is 0.481 e. The quantitative estimate of drug-likeness (QED) is 0.183. The first kappa shape index (κ1) is 25.7. The fraction of sp³-hybridized carbons (Fsp3) is 0.476. The van der Waals surface area contributed by atoms with E-state index in [9.17, 15) is 34.2 Å². The summed E-state index contributed by atoms with van der Waals surface area (Å²) in [5.74, 6) is -5.10. The van der Waals surface area contributed by atoms with Crippen molar-refractivity contribution in [3.05, 3.63) is 35.9 Å². The minimum absolute atomic E-state index is 0.0336. The zero-order valence-corrected chi connectivity index (χ0v) is 17.8. The van der Waals surface area contributed by atoms with Crippen LogP contribution in [0.3, 0.4) is 0 Å². The van der Waals surface area contributed by atoms with E-state index in [0.29, 0.717) is 18.5 Å². The Morgan fingerprint density at radius 1 is 0.939 bits per heavy atom. The van der Waals surface area contributed by atoms with Gasteiger partial charge in [-0.05, 0) is 24.9 Å². The van der Waals surface area contributed by atoms with Gasteiger partial charge in [-0.2, -0.15) is 0 Å². The first-order valence-electron chi connectivity index (χ1n) is 10.4. The van der Waals surface area contributed by atoms with Crippen LogP contribution in [0.15, 0.2) is 30.3 Å². The molecule has 1 aliphatic heterocycles. The molecule has 1 aromatic carbocycles. The van der Waals surface area contributed by atoms with Gasteiger partial charge >= 0.3 is 11.9 Å². The molecule has 180 valence electrons. The van der Waals surface area contributed by atoms with Crippen LogP contribution < -0.4 is 21.3 Å². The summed E-state index contributed by atoms with van der Waals surface area (Å²) >= 11 is 0. The number of carbonyl (C=O) groups excluding carboxylic acids is 3. The smallest absolute Gasteiger partial charge is 0.328 e. The molecular weight excluding hydrogens is 436 g/mol. The van der Waals surface area contributed by atoms with Gasteiger partial charge in [0.1, 0.15) is 18.1 Å². The third-order valence-electron chi connectivity index (χ3n) is 5.10. The van der Waals surface area contributed by atoms with E-state index >= 15 is 0 Å². The van der Waals surface area contributed by atoms with Crippen molar-refractivity contribution < 1.29 is 39.3 Å². The number of hydrogen-bond donors (Lipinski definition) is 7. The molecule has 0 bridgehead atoms. The summed E-state index contributed by atoms with van der Waals surface area (Å²) in [6.07, 6.45) is 0.569. The molecule has 0 spiro atoms. The molecule has 0 radical (unpaired) electrons. The molecule has 2 rings (SSSR count). The van der Waals surface area contributed by atoms with E-state index in [4.69, 9.17) is 5.11 Å². The molecule has 0 aliphatic carbocycles. The molecular formula is C21H28N4O8. The number of carboxylic acid groups (broad SMARTS) is 2. The Morgan fingerprint density at radius 2 is 1.58 bits per heavy atom. The number of hydrogen-bond acceptors (Lipinski definition) is 7. The molecule has 4 unspecified atom stereocenters. The fourth-order valence-electron chi connectivity index (χ4n) is 3.35. The van der Waals surface area contributed by atoms with E-state index in [-0.39, 0.29) is 6.42 Å². The molecule has 0 aromatic heterocycles. The molecule has 1 aliphatic rings. The highest BCUT2D eigenvalue weighted by Gasteiger charge is 2.32. The molecule has 1 heterocycles. The Balaban J connectivity index is 2.17. The highest BCUT2D eigenvalue weighted by Crippen LogP contribution is 2.08. The molecule has 12 heteroatoms. The number of aliphatic hydroxyl groups is 1. The number of aliphatic carboxylic acids is 2. The second-order valence-corrected chi connectivity index (χ2v) is 7.64. The molecule has 12 nitrogen and oxygen atoms in total. The zero-order valence-electron chi connectivity index (χ0n) is 17.8. The summed E-state index contributed by atoms with van der Waals surface area (Å²) in [5.41, 5.74) is 0.641. The number of nitrogens with one attached hydrogen (secondary N) is 4. The van der Waals surface area contributed by atoms with E-state index in [2.05, 4.69) is 21.3 Å². The maximum absolute atomic E-state index is 12.9.